The lowest BCUT2D eigenvalue weighted by Gasteiger charge is -2.01. The van der Waals surface area contributed by atoms with E-state index in [4.69, 9.17) is 4.74 Å². The highest BCUT2D eigenvalue weighted by Crippen LogP contribution is 2.06. The Morgan fingerprint density at radius 2 is 1.50 bits per heavy atom. The van der Waals surface area contributed by atoms with Crippen LogP contribution in [0.25, 0.3) is 0 Å². The van der Waals surface area contributed by atoms with Gasteiger partial charge in [-0.25, -0.2) is 0 Å². The van der Waals surface area contributed by atoms with E-state index in [2.05, 4.69) is 19.9 Å². The molecule has 84 valence electrons. The van der Waals surface area contributed by atoms with Crippen LogP contribution in [0.15, 0.2) is 12.3 Å². The molecule has 0 amide bonds. The molecule has 0 heterocycles. The maximum atomic E-state index is 5.32. The molecule has 0 saturated heterocycles. The van der Waals surface area contributed by atoms with E-state index < -0.39 is 0 Å². The highest BCUT2D eigenvalue weighted by molar-refractivity contribution is 4.70. The Labute approximate surface area is 89.5 Å². The van der Waals surface area contributed by atoms with Gasteiger partial charge in [0.25, 0.3) is 0 Å². The molecule has 0 aromatic carbocycles. The quantitative estimate of drug-likeness (QED) is 0.366. The minimum atomic E-state index is 0.893. The van der Waals surface area contributed by atoms with Crippen LogP contribution >= 0.6 is 0 Å². The number of unbranched alkanes of at least 4 members (excludes halogenated alkanes) is 6. The smallest absolute Gasteiger partial charge is 0.0873 e. The zero-order chi connectivity index (χ0) is 10.5. The average molecular weight is 198 g/mol. The Hall–Kier alpha value is -0.460. The third-order valence-electron chi connectivity index (χ3n) is 2.29. The van der Waals surface area contributed by atoms with Gasteiger partial charge < -0.3 is 4.74 Å². The zero-order valence-electron chi connectivity index (χ0n) is 9.93. The molecule has 0 aliphatic carbocycles. The topological polar surface area (TPSA) is 9.23 Å². The fourth-order valence-corrected chi connectivity index (χ4v) is 1.37. The maximum Gasteiger partial charge on any atom is 0.0873 e. The van der Waals surface area contributed by atoms with Crippen molar-refractivity contribution in [1.29, 1.82) is 0 Å². The van der Waals surface area contributed by atoms with Crippen molar-refractivity contribution >= 4 is 0 Å². The lowest BCUT2D eigenvalue weighted by atomic mass is 10.1. The summed E-state index contributed by atoms with van der Waals surface area (Å²) >= 11 is 0. The van der Waals surface area contributed by atoms with Crippen LogP contribution in [-0.4, -0.2) is 6.61 Å². The third-order valence-corrected chi connectivity index (χ3v) is 2.29. The van der Waals surface area contributed by atoms with Gasteiger partial charge in [-0.05, 0) is 12.8 Å². The molecule has 1 nitrogen and oxygen atoms in total. The third kappa shape index (κ3) is 11.5. The van der Waals surface area contributed by atoms with Gasteiger partial charge in [0.2, 0.25) is 0 Å². The first kappa shape index (κ1) is 13.5. The summed E-state index contributed by atoms with van der Waals surface area (Å²) in [5.41, 5.74) is 0. The van der Waals surface area contributed by atoms with Gasteiger partial charge in [-0.1, -0.05) is 58.4 Å². The van der Waals surface area contributed by atoms with E-state index in [0.29, 0.717) is 0 Å². The molecule has 0 fully saturated rings. The minimum Gasteiger partial charge on any atom is -0.502 e. The predicted octanol–water partition coefficient (Wildman–Crippen LogP) is 4.68. The Morgan fingerprint density at radius 1 is 0.857 bits per heavy atom. The second-order valence-electron chi connectivity index (χ2n) is 3.77. The van der Waals surface area contributed by atoms with Crippen LogP contribution in [0.3, 0.4) is 0 Å². The van der Waals surface area contributed by atoms with Crippen LogP contribution in [0.5, 0.6) is 0 Å². The first-order valence-electron chi connectivity index (χ1n) is 6.18. The number of hydrogen-bond donors (Lipinski definition) is 0. The van der Waals surface area contributed by atoms with E-state index in [1.807, 2.05) is 6.26 Å². The first-order valence-corrected chi connectivity index (χ1v) is 6.18. The van der Waals surface area contributed by atoms with Crippen LogP contribution < -0.4 is 0 Å². The van der Waals surface area contributed by atoms with Crippen LogP contribution in [-0.2, 0) is 4.74 Å². The van der Waals surface area contributed by atoms with E-state index in [1.165, 1.54) is 44.9 Å². The number of ether oxygens (including phenoxy) is 1. The maximum absolute atomic E-state index is 5.32. The van der Waals surface area contributed by atoms with E-state index >= 15 is 0 Å². The van der Waals surface area contributed by atoms with Gasteiger partial charge >= 0.3 is 0 Å². The van der Waals surface area contributed by atoms with Crippen molar-refractivity contribution < 1.29 is 4.74 Å². The Balaban J connectivity index is 2.88. The largest absolute Gasteiger partial charge is 0.502 e. The minimum absolute atomic E-state index is 0.893. The normalized spacial score (nSPS) is 11.0. The van der Waals surface area contributed by atoms with Crippen molar-refractivity contribution in [1.82, 2.24) is 0 Å². The number of rotatable bonds is 10. The standard InChI is InChI=1S/C13H26O/c1-3-5-7-8-9-10-11-13-14-12-6-4-2/h6,12H,3-5,7-11,13H2,1-2H3. The highest BCUT2D eigenvalue weighted by Gasteiger charge is 1.89. The van der Waals surface area contributed by atoms with Crippen LogP contribution in [0.1, 0.15) is 65.2 Å². The summed E-state index contributed by atoms with van der Waals surface area (Å²) < 4.78 is 5.32. The van der Waals surface area contributed by atoms with Crippen LogP contribution in [0.2, 0.25) is 0 Å². The lowest BCUT2D eigenvalue weighted by Crippen LogP contribution is -1.87. The van der Waals surface area contributed by atoms with E-state index in [9.17, 15) is 0 Å². The van der Waals surface area contributed by atoms with Gasteiger partial charge in [0.15, 0.2) is 0 Å². The van der Waals surface area contributed by atoms with E-state index in [1.54, 1.807) is 0 Å². The fraction of sp³-hybridized carbons (Fsp3) is 0.846. The summed E-state index contributed by atoms with van der Waals surface area (Å²) in [6.45, 7) is 5.27. The summed E-state index contributed by atoms with van der Waals surface area (Å²) in [5.74, 6) is 0. The molecule has 0 rings (SSSR count). The van der Waals surface area contributed by atoms with Gasteiger partial charge in [0.1, 0.15) is 0 Å². The van der Waals surface area contributed by atoms with Gasteiger partial charge in [-0.2, -0.15) is 0 Å². The predicted molar refractivity (Wildman–Crippen MR) is 63.4 cm³/mol. The molecule has 0 unspecified atom stereocenters. The molecule has 0 bridgehead atoms. The van der Waals surface area contributed by atoms with Gasteiger partial charge in [-0.3, -0.25) is 0 Å². The van der Waals surface area contributed by atoms with Gasteiger partial charge in [-0.15, -0.1) is 0 Å². The molecule has 0 aliphatic rings. The van der Waals surface area contributed by atoms with Crippen molar-refractivity contribution in [3.8, 4) is 0 Å². The summed E-state index contributed by atoms with van der Waals surface area (Å²) in [7, 11) is 0. The monoisotopic (exact) mass is 198 g/mol. The fourth-order valence-electron chi connectivity index (χ4n) is 1.37. The molecule has 0 spiro atoms. The zero-order valence-corrected chi connectivity index (χ0v) is 9.93. The van der Waals surface area contributed by atoms with Crippen molar-refractivity contribution in [3.05, 3.63) is 12.3 Å². The molecule has 1 heteroatoms. The molecule has 0 atom stereocenters. The Kier molecular flexibility index (Phi) is 12.1. The summed E-state index contributed by atoms with van der Waals surface area (Å²) in [6.07, 6.45) is 14.4. The molecular formula is C13H26O. The molecule has 0 aliphatic heterocycles. The number of hydrogen-bond acceptors (Lipinski definition) is 1. The summed E-state index contributed by atoms with van der Waals surface area (Å²) in [5, 5.41) is 0. The number of allylic oxidation sites excluding steroid dienone is 1. The molecule has 14 heavy (non-hydrogen) atoms. The van der Waals surface area contributed by atoms with Gasteiger partial charge in [0.05, 0.1) is 12.9 Å². The van der Waals surface area contributed by atoms with E-state index in [-0.39, 0.29) is 0 Å². The molecular weight excluding hydrogens is 172 g/mol. The first-order chi connectivity index (χ1) is 6.91. The molecule has 0 aromatic heterocycles. The van der Waals surface area contributed by atoms with Crippen molar-refractivity contribution in [2.75, 3.05) is 6.61 Å². The Morgan fingerprint density at radius 3 is 2.14 bits per heavy atom. The Bertz CT molecular complexity index is 118. The van der Waals surface area contributed by atoms with E-state index in [0.717, 1.165) is 13.0 Å². The average Bonchev–Trinajstić information content (AvgIpc) is 2.21. The molecule has 0 radical (unpaired) electrons. The van der Waals surface area contributed by atoms with Crippen LogP contribution in [0, 0.1) is 0 Å². The second kappa shape index (κ2) is 12.5. The summed E-state index contributed by atoms with van der Waals surface area (Å²) in [4.78, 5) is 0. The SMILES string of the molecule is CCC=COCCCCCCCCC. The summed E-state index contributed by atoms with van der Waals surface area (Å²) in [6, 6.07) is 0. The highest BCUT2D eigenvalue weighted by atomic mass is 16.5. The van der Waals surface area contributed by atoms with Crippen molar-refractivity contribution in [2.24, 2.45) is 0 Å². The molecule has 0 N–H and O–H groups in total. The van der Waals surface area contributed by atoms with Crippen LogP contribution in [0.4, 0.5) is 0 Å². The lowest BCUT2D eigenvalue weighted by molar-refractivity contribution is 0.239. The molecule has 0 aromatic rings. The molecule has 0 saturated carbocycles. The second-order valence-corrected chi connectivity index (χ2v) is 3.77. The van der Waals surface area contributed by atoms with Crippen molar-refractivity contribution in [3.63, 3.8) is 0 Å². The van der Waals surface area contributed by atoms with Crippen molar-refractivity contribution in [2.45, 2.75) is 65.2 Å². The van der Waals surface area contributed by atoms with Gasteiger partial charge in [0, 0.05) is 0 Å².